The van der Waals surface area contributed by atoms with Gasteiger partial charge in [0, 0.05) is 44.8 Å². The lowest BCUT2D eigenvalue weighted by Gasteiger charge is -2.15. The summed E-state index contributed by atoms with van der Waals surface area (Å²) in [5, 5.41) is 4.61. The molecule has 1 aromatic rings. The summed E-state index contributed by atoms with van der Waals surface area (Å²) in [6, 6.07) is 0.500. The SMILES string of the molecule is COCCCN(C)c1nc(C(C)C)c(CNC(C)C)s1. The van der Waals surface area contributed by atoms with Crippen LogP contribution in [0.3, 0.4) is 0 Å². The van der Waals surface area contributed by atoms with Gasteiger partial charge in [-0.2, -0.15) is 0 Å². The summed E-state index contributed by atoms with van der Waals surface area (Å²) in [4.78, 5) is 8.42. The second-order valence-electron chi connectivity index (χ2n) is 5.76. The first-order valence-corrected chi connectivity index (χ1v) is 8.20. The van der Waals surface area contributed by atoms with Crippen LogP contribution in [-0.2, 0) is 11.3 Å². The highest BCUT2D eigenvalue weighted by Gasteiger charge is 2.16. The third kappa shape index (κ3) is 5.38. The predicted octanol–water partition coefficient (Wildman–Crippen LogP) is 3.24. The fourth-order valence-corrected chi connectivity index (χ4v) is 3.08. The van der Waals surface area contributed by atoms with Crippen molar-refractivity contribution in [3.05, 3.63) is 10.6 Å². The average Bonchev–Trinajstić information content (AvgIpc) is 2.80. The quantitative estimate of drug-likeness (QED) is 0.710. The Hall–Kier alpha value is -0.650. The van der Waals surface area contributed by atoms with E-state index in [1.165, 1.54) is 10.6 Å². The number of hydrogen-bond donors (Lipinski definition) is 1. The molecule has 0 spiro atoms. The van der Waals surface area contributed by atoms with Crippen molar-refractivity contribution in [2.24, 2.45) is 0 Å². The molecule has 0 unspecified atom stereocenters. The molecule has 0 aliphatic rings. The summed E-state index contributed by atoms with van der Waals surface area (Å²) in [5.41, 5.74) is 1.23. The molecule has 1 heterocycles. The van der Waals surface area contributed by atoms with Crippen LogP contribution in [-0.4, -0.2) is 38.3 Å². The first-order valence-electron chi connectivity index (χ1n) is 7.38. The number of rotatable bonds is 9. The van der Waals surface area contributed by atoms with Crippen molar-refractivity contribution in [1.82, 2.24) is 10.3 Å². The topological polar surface area (TPSA) is 37.4 Å². The zero-order valence-electron chi connectivity index (χ0n) is 13.7. The molecular formula is C15H29N3OS. The summed E-state index contributed by atoms with van der Waals surface area (Å²) in [6.07, 6.45) is 1.03. The molecule has 20 heavy (non-hydrogen) atoms. The number of aromatic nitrogens is 1. The van der Waals surface area contributed by atoms with Crippen LogP contribution >= 0.6 is 11.3 Å². The molecule has 116 valence electrons. The van der Waals surface area contributed by atoms with Crippen LogP contribution in [0.25, 0.3) is 0 Å². The van der Waals surface area contributed by atoms with E-state index in [9.17, 15) is 0 Å². The van der Waals surface area contributed by atoms with E-state index in [-0.39, 0.29) is 0 Å². The van der Waals surface area contributed by atoms with Crippen LogP contribution < -0.4 is 10.2 Å². The molecule has 0 atom stereocenters. The fourth-order valence-electron chi connectivity index (χ4n) is 1.93. The molecule has 0 bridgehead atoms. The molecular weight excluding hydrogens is 270 g/mol. The maximum atomic E-state index is 5.11. The molecule has 0 aromatic carbocycles. The first kappa shape index (κ1) is 17.4. The summed E-state index contributed by atoms with van der Waals surface area (Å²) in [5.74, 6) is 0.469. The number of nitrogens with one attached hydrogen (secondary N) is 1. The van der Waals surface area contributed by atoms with Gasteiger partial charge in [0.1, 0.15) is 0 Å². The lowest BCUT2D eigenvalue weighted by atomic mass is 10.1. The van der Waals surface area contributed by atoms with E-state index in [2.05, 4.69) is 45.0 Å². The second kappa shape index (κ2) is 8.60. The molecule has 0 aliphatic heterocycles. The highest BCUT2D eigenvalue weighted by molar-refractivity contribution is 7.15. The van der Waals surface area contributed by atoms with Gasteiger partial charge in [-0.15, -0.1) is 11.3 Å². The Labute approximate surface area is 127 Å². The molecule has 1 N–H and O–H groups in total. The minimum Gasteiger partial charge on any atom is -0.385 e. The van der Waals surface area contributed by atoms with E-state index in [1.807, 2.05) is 11.3 Å². The number of anilines is 1. The molecule has 0 saturated heterocycles. The van der Waals surface area contributed by atoms with Crippen LogP contribution in [0.5, 0.6) is 0 Å². The molecule has 5 heteroatoms. The van der Waals surface area contributed by atoms with Gasteiger partial charge in [-0.3, -0.25) is 0 Å². The van der Waals surface area contributed by atoms with E-state index >= 15 is 0 Å². The Balaban J connectivity index is 2.74. The normalized spacial score (nSPS) is 11.6. The fraction of sp³-hybridized carbons (Fsp3) is 0.800. The maximum Gasteiger partial charge on any atom is 0.185 e. The zero-order chi connectivity index (χ0) is 15.1. The number of methoxy groups -OCH3 is 1. The minimum atomic E-state index is 0.469. The Morgan fingerprint density at radius 2 is 2.00 bits per heavy atom. The van der Waals surface area contributed by atoms with E-state index < -0.39 is 0 Å². The zero-order valence-corrected chi connectivity index (χ0v) is 14.5. The van der Waals surface area contributed by atoms with Crippen molar-refractivity contribution in [2.45, 2.75) is 52.6 Å². The second-order valence-corrected chi connectivity index (χ2v) is 6.83. The summed E-state index contributed by atoms with van der Waals surface area (Å²) >= 11 is 1.81. The van der Waals surface area contributed by atoms with Gasteiger partial charge in [-0.25, -0.2) is 4.98 Å². The highest BCUT2D eigenvalue weighted by atomic mass is 32.1. The standard InChI is InChI=1S/C15H29N3OS/c1-11(2)14-13(10-16-12(3)4)20-15(17-14)18(5)8-7-9-19-6/h11-12,16H,7-10H2,1-6H3. The number of hydrogen-bond acceptors (Lipinski definition) is 5. The van der Waals surface area contributed by atoms with Crippen molar-refractivity contribution in [1.29, 1.82) is 0 Å². The third-order valence-corrected chi connectivity index (χ3v) is 4.29. The van der Waals surface area contributed by atoms with Gasteiger partial charge in [-0.05, 0) is 12.3 Å². The van der Waals surface area contributed by atoms with E-state index in [0.29, 0.717) is 12.0 Å². The Morgan fingerprint density at radius 1 is 1.30 bits per heavy atom. The Kier molecular flexibility index (Phi) is 7.48. The largest absolute Gasteiger partial charge is 0.385 e. The lowest BCUT2D eigenvalue weighted by Crippen LogP contribution is -2.22. The summed E-state index contributed by atoms with van der Waals surface area (Å²) < 4.78 is 5.11. The molecule has 1 rings (SSSR count). The Bertz CT molecular complexity index is 390. The minimum absolute atomic E-state index is 0.469. The molecule has 0 aliphatic carbocycles. The van der Waals surface area contributed by atoms with Crippen molar-refractivity contribution in [3.63, 3.8) is 0 Å². The van der Waals surface area contributed by atoms with Gasteiger partial charge < -0.3 is 15.0 Å². The van der Waals surface area contributed by atoms with Gasteiger partial charge in [0.25, 0.3) is 0 Å². The average molecular weight is 299 g/mol. The van der Waals surface area contributed by atoms with Crippen LogP contribution in [0, 0.1) is 0 Å². The van der Waals surface area contributed by atoms with Gasteiger partial charge in [0.15, 0.2) is 5.13 Å². The van der Waals surface area contributed by atoms with Crippen LogP contribution in [0.2, 0.25) is 0 Å². The van der Waals surface area contributed by atoms with Gasteiger partial charge >= 0.3 is 0 Å². The third-order valence-electron chi connectivity index (χ3n) is 3.10. The van der Waals surface area contributed by atoms with Crippen LogP contribution in [0.1, 0.15) is 50.6 Å². The van der Waals surface area contributed by atoms with Crippen LogP contribution in [0.4, 0.5) is 5.13 Å². The molecule has 0 radical (unpaired) electrons. The van der Waals surface area contributed by atoms with Gasteiger partial charge in [0.2, 0.25) is 0 Å². The van der Waals surface area contributed by atoms with Gasteiger partial charge in [0.05, 0.1) is 5.69 Å². The smallest absolute Gasteiger partial charge is 0.185 e. The Morgan fingerprint density at radius 3 is 2.55 bits per heavy atom. The van der Waals surface area contributed by atoms with Crippen LogP contribution in [0.15, 0.2) is 0 Å². The molecule has 0 fully saturated rings. The first-order chi connectivity index (χ1) is 9.45. The molecule has 0 saturated carbocycles. The van der Waals surface area contributed by atoms with E-state index in [1.54, 1.807) is 7.11 Å². The molecule has 4 nitrogen and oxygen atoms in total. The van der Waals surface area contributed by atoms with Crippen molar-refractivity contribution >= 4 is 16.5 Å². The summed E-state index contributed by atoms with van der Waals surface area (Å²) in [7, 11) is 3.86. The van der Waals surface area contributed by atoms with Crippen molar-refractivity contribution in [3.8, 4) is 0 Å². The number of ether oxygens (including phenoxy) is 1. The van der Waals surface area contributed by atoms with Gasteiger partial charge in [-0.1, -0.05) is 27.7 Å². The number of thiazole rings is 1. The summed E-state index contributed by atoms with van der Waals surface area (Å²) in [6.45, 7) is 11.5. The maximum absolute atomic E-state index is 5.11. The van der Waals surface area contributed by atoms with Crippen molar-refractivity contribution in [2.75, 3.05) is 32.2 Å². The number of nitrogens with zero attached hydrogens (tertiary/aromatic N) is 2. The predicted molar refractivity (Wildman–Crippen MR) is 87.9 cm³/mol. The monoisotopic (exact) mass is 299 g/mol. The highest BCUT2D eigenvalue weighted by Crippen LogP contribution is 2.30. The van der Waals surface area contributed by atoms with Crippen molar-refractivity contribution < 1.29 is 4.74 Å². The van der Waals surface area contributed by atoms with E-state index in [0.717, 1.165) is 31.2 Å². The molecule has 1 aromatic heterocycles. The molecule has 0 amide bonds. The van der Waals surface area contributed by atoms with E-state index in [4.69, 9.17) is 9.72 Å². The lowest BCUT2D eigenvalue weighted by molar-refractivity contribution is 0.196.